The van der Waals surface area contributed by atoms with E-state index >= 15 is 0 Å². The number of aliphatic hydroxyl groups is 1. The molecule has 1 aromatic rings. The molecule has 1 aromatic carbocycles. The van der Waals surface area contributed by atoms with E-state index in [0.717, 1.165) is 5.56 Å². The van der Waals surface area contributed by atoms with Gasteiger partial charge in [-0.25, -0.2) is 0 Å². The molecular weight excluding hydrogens is 152 g/mol. The van der Waals surface area contributed by atoms with Gasteiger partial charge in [0.05, 0.1) is 0 Å². The van der Waals surface area contributed by atoms with E-state index in [0.29, 0.717) is 6.54 Å². The van der Waals surface area contributed by atoms with Crippen LogP contribution in [0.25, 0.3) is 0 Å². The van der Waals surface area contributed by atoms with E-state index in [-0.39, 0.29) is 5.92 Å². The van der Waals surface area contributed by atoms with Crippen LogP contribution in [0.1, 0.15) is 11.5 Å². The van der Waals surface area contributed by atoms with Crippen LogP contribution in [-0.4, -0.2) is 17.9 Å². The largest absolute Gasteiger partial charge is 0.378 e. The van der Waals surface area contributed by atoms with Gasteiger partial charge in [0.2, 0.25) is 0 Å². The molecule has 66 valence electrons. The highest BCUT2D eigenvalue weighted by atomic mass is 16.3. The molecular formula is C9H14N2O. The quantitative estimate of drug-likeness (QED) is 0.554. The summed E-state index contributed by atoms with van der Waals surface area (Å²) in [5.41, 5.74) is 11.8. The molecule has 3 heteroatoms. The molecule has 0 saturated carbocycles. The van der Waals surface area contributed by atoms with Crippen LogP contribution in [0, 0.1) is 0 Å². The van der Waals surface area contributed by atoms with Crippen molar-refractivity contribution in [1.82, 2.24) is 0 Å². The Morgan fingerprint density at radius 2 is 1.83 bits per heavy atom. The third kappa shape index (κ3) is 2.04. The van der Waals surface area contributed by atoms with Crippen LogP contribution in [0.2, 0.25) is 0 Å². The lowest BCUT2D eigenvalue weighted by molar-refractivity contribution is 0.152. The molecule has 0 spiro atoms. The SMILES string of the molecule is NCC(c1ccccc1)C(N)O. The summed E-state index contributed by atoms with van der Waals surface area (Å²) in [7, 11) is 0. The second-order valence-electron chi connectivity index (χ2n) is 2.74. The minimum Gasteiger partial charge on any atom is -0.378 e. The third-order valence-corrected chi connectivity index (χ3v) is 1.89. The van der Waals surface area contributed by atoms with E-state index in [1.807, 2.05) is 30.3 Å². The molecule has 0 saturated heterocycles. The van der Waals surface area contributed by atoms with Gasteiger partial charge >= 0.3 is 0 Å². The van der Waals surface area contributed by atoms with Crippen LogP contribution in [0.3, 0.4) is 0 Å². The van der Waals surface area contributed by atoms with Gasteiger partial charge in [-0.1, -0.05) is 30.3 Å². The van der Waals surface area contributed by atoms with Gasteiger partial charge in [-0.2, -0.15) is 0 Å². The van der Waals surface area contributed by atoms with Gasteiger partial charge < -0.3 is 16.6 Å². The van der Waals surface area contributed by atoms with Crippen LogP contribution in [0.4, 0.5) is 0 Å². The molecule has 0 aliphatic heterocycles. The second kappa shape index (κ2) is 4.21. The molecule has 2 unspecified atom stereocenters. The smallest absolute Gasteiger partial charge is 0.110 e. The number of rotatable bonds is 3. The first-order valence-electron chi connectivity index (χ1n) is 3.94. The summed E-state index contributed by atoms with van der Waals surface area (Å²) < 4.78 is 0. The lowest BCUT2D eigenvalue weighted by atomic mass is 9.98. The van der Waals surface area contributed by atoms with Crippen molar-refractivity contribution in [3.8, 4) is 0 Å². The summed E-state index contributed by atoms with van der Waals surface area (Å²) in [6.07, 6.45) is -0.877. The minimum absolute atomic E-state index is 0.161. The lowest BCUT2D eigenvalue weighted by Gasteiger charge is -2.17. The number of hydrogen-bond acceptors (Lipinski definition) is 3. The van der Waals surface area contributed by atoms with E-state index in [1.54, 1.807) is 0 Å². The fourth-order valence-electron chi connectivity index (χ4n) is 1.17. The maximum atomic E-state index is 9.16. The number of hydrogen-bond donors (Lipinski definition) is 3. The predicted molar refractivity (Wildman–Crippen MR) is 48.4 cm³/mol. The highest BCUT2D eigenvalue weighted by Crippen LogP contribution is 2.15. The second-order valence-corrected chi connectivity index (χ2v) is 2.74. The molecule has 0 radical (unpaired) electrons. The van der Waals surface area contributed by atoms with E-state index in [4.69, 9.17) is 16.6 Å². The zero-order chi connectivity index (χ0) is 8.97. The van der Waals surface area contributed by atoms with Crippen molar-refractivity contribution in [3.05, 3.63) is 35.9 Å². The van der Waals surface area contributed by atoms with Gasteiger partial charge in [-0.05, 0) is 5.56 Å². The Bertz CT molecular complexity index is 223. The maximum absolute atomic E-state index is 9.16. The van der Waals surface area contributed by atoms with Gasteiger partial charge in [0, 0.05) is 12.5 Å². The van der Waals surface area contributed by atoms with Gasteiger partial charge in [0.15, 0.2) is 0 Å². The summed E-state index contributed by atoms with van der Waals surface area (Å²) in [5, 5.41) is 9.16. The summed E-state index contributed by atoms with van der Waals surface area (Å²) in [6, 6.07) is 9.54. The molecule has 0 aromatic heterocycles. The maximum Gasteiger partial charge on any atom is 0.110 e. The van der Waals surface area contributed by atoms with Crippen molar-refractivity contribution in [2.45, 2.75) is 12.1 Å². The lowest BCUT2D eigenvalue weighted by Crippen LogP contribution is -2.32. The normalized spacial score (nSPS) is 15.6. The Kier molecular flexibility index (Phi) is 3.22. The molecule has 12 heavy (non-hydrogen) atoms. The number of aliphatic hydroxyl groups excluding tert-OH is 1. The summed E-state index contributed by atoms with van der Waals surface area (Å²) in [5.74, 6) is -0.161. The Morgan fingerprint density at radius 1 is 1.25 bits per heavy atom. The van der Waals surface area contributed by atoms with Crippen molar-refractivity contribution < 1.29 is 5.11 Å². The first kappa shape index (κ1) is 9.19. The molecule has 0 amide bonds. The minimum atomic E-state index is -0.877. The van der Waals surface area contributed by atoms with Crippen LogP contribution in [0.15, 0.2) is 30.3 Å². The standard InChI is InChI=1S/C9H14N2O/c10-6-8(9(11)12)7-4-2-1-3-5-7/h1-5,8-9,12H,6,10-11H2. The van der Waals surface area contributed by atoms with E-state index < -0.39 is 6.23 Å². The topological polar surface area (TPSA) is 72.3 Å². The molecule has 0 aliphatic rings. The number of benzene rings is 1. The molecule has 0 bridgehead atoms. The fraction of sp³-hybridized carbons (Fsp3) is 0.333. The van der Waals surface area contributed by atoms with E-state index in [9.17, 15) is 0 Å². The molecule has 0 aliphatic carbocycles. The summed E-state index contributed by atoms with van der Waals surface area (Å²) in [6.45, 7) is 0.363. The first-order chi connectivity index (χ1) is 5.75. The highest BCUT2D eigenvalue weighted by molar-refractivity contribution is 5.20. The van der Waals surface area contributed by atoms with Gasteiger partial charge in [0.1, 0.15) is 6.23 Å². The van der Waals surface area contributed by atoms with Crippen molar-refractivity contribution in [2.75, 3.05) is 6.54 Å². The third-order valence-electron chi connectivity index (χ3n) is 1.89. The Hall–Kier alpha value is -0.900. The number of nitrogens with two attached hydrogens (primary N) is 2. The van der Waals surface area contributed by atoms with Crippen molar-refractivity contribution in [3.63, 3.8) is 0 Å². The van der Waals surface area contributed by atoms with Crippen LogP contribution >= 0.6 is 0 Å². The van der Waals surface area contributed by atoms with Crippen molar-refractivity contribution in [2.24, 2.45) is 11.5 Å². The Labute approximate surface area is 72.0 Å². The predicted octanol–water partition coefficient (Wildman–Crippen LogP) is 0.00600. The first-order valence-corrected chi connectivity index (χ1v) is 3.94. The molecule has 1 rings (SSSR count). The highest BCUT2D eigenvalue weighted by Gasteiger charge is 2.14. The van der Waals surface area contributed by atoms with Crippen LogP contribution in [-0.2, 0) is 0 Å². The van der Waals surface area contributed by atoms with Crippen molar-refractivity contribution in [1.29, 1.82) is 0 Å². The molecule has 0 fully saturated rings. The Morgan fingerprint density at radius 3 is 2.25 bits per heavy atom. The van der Waals surface area contributed by atoms with Gasteiger partial charge in [-0.15, -0.1) is 0 Å². The molecule has 3 nitrogen and oxygen atoms in total. The van der Waals surface area contributed by atoms with Crippen molar-refractivity contribution >= 4 is 0 Å². The monoisotopic (exact) mass is 166 g/mol. The van der Waals surface area contributed by atoms with E-state index in [1.165, 1.54) is 0 Å². The van der Waals surface area contributed by atoms with Crippen LogP contribution in [0.5, 0.6) is 0 Å². The zero-order valence-corrected chi connectivity index (χ0v) is 6.85. The molecule has 2 atom stereocenters. The summed E-state index contributed by atoms with van der Waals surface area (Å²) in [4.78, 5) is 0. The molecule has 5 N–H and O–H groups in total. The summed E-state index contributed by atoms with van der Waals surface area (Å²) >= 11 is 0. The van der Waals surface area contributed by atoms with Gasteiger partial charge in [0.25, 0.3) is 0 Å². The van der Waals surface area contributed by atoms with E-state index in [2.05, 4.69) is 0 Å². The van der Waals surface area contributed by atoms with Crippen LogP contribution < -0.4 is 11.5 Å². The molecule has 0 heterocycles. The average molecular weight is 166 g/mol. The zero-order valence-electron chi connectivity index (χ0n) is 6.85. The Balaban J connectivity index is 2.80. The average Bonchev–Trinajstić information content (AvgIpc) is 2.07. The fourth-order valence-corrected chi connectivity index (χ4v) is 1.17. The van der Waals surface area contributed by atoms with Gasteiger partial charge in [-0.3, -0.25) is 0 Å².